The quantitative estimate of drug-likeness (QED) is 0.721. The summed E-state index contributed by atoms with van der Waals surface area (Å²) in [5.41, 5.74) is 1.92. The van der Waals surface area contributed by atoms with E-state index in [2.05, 4.69) is 21.7 Å². The highest BCUT2D eigenvalue weighted by Gasteiger charge is 2.36. The molecule has 3 aromatic rings. The summed E-state index contributed by atoms with van der Waals surface area (Å²) in [6, 6.07) is 17.0. The third-order valence-corrected chi connectivity index (χ3v) is 5.73. The maximum absolute atomic E-state index is 12.7. The summed E-state index contributed by atoms with van der Waals surface area (Å²) < 4.78 is 6.52. The Bertz CT molecular complexity index is 968. The third kappa shape index (κ3) is 3.63. The number of benzene rings is 2. The lowest BCUT2D eigenvalue weighted by atomic mass is 9.82. The molecule has 0 spiro atoms. The first-order valence-electron chi connectivity index (χ1n) is 8.72. The molecular formula is C20H18N4O2S. The lowest BCUT2D eigenvalue weighted by Gasteiger charge is -2.38. The Labute approximate surface area is 160 Å². The Morgan fingerprint density at radius 2 is 1.89 bits per heavy atom. The first kappa shape index (κ1) is 17.5. The number of nitrogens with one attached hydrogen (secondary N) is 2. The van der Waals surface area contributed by atoms with E-state index in [4.69, 9.17) is 10.00 Å². The summed E-state index contributed by atoms with van der Waals surface area (Å²) >= 11 is 1.44. The second-order valence-electron chi connectivity index (χ2n) is 6.45. The number of carbonyl (C=O) groups is 1. The van der Waals surface area contributed by atoms with Crippen molar-refractivity contribution in [2.45, 2.75) is 18.4 Å². The fraction of sp³-hybridized carbons (Fsp3) is 0.250. The SMILES string of the molecule is N#Cc1ccc(C2(NC(=O)Nc3nc4ccccc4s3)CCOCC2)cc1. The smallest absolute Gasteiger partial charge is 0.321 e. The Hall–Kier alpha value is -2.95. The standard InChI is InChI=1S/C20H18N4O2S/c21-13-14-5-7-15(8-6-14)20(9-11-26-12-10-20)24-18(25)23-19-22-16-3-1-2-4-17(16)27-19/h1-8H,9-12H2,(H2,22,23,24,25). The van der Waals surface area contributed by atoms with Crippen LogP contribution in [0.15, 0.2) is 48.5 Å². The number of hydrogen-bond acceptors (Lipinski definition) is 5. The molecule has 0 radical (unpaired) electrons. The zero-order valence-corrected chi connectivity index (χ0v) is 15.4. The second kappa shape index (κ2) is 7.35. The van der Waals surface area contributed by atoms with Crippen LogP contribution in [0.3, 0.4) is 0 Å². The Balaban J connectivity index is 1.55. The van der Waals surface area contributed by atoms with E-state index in [-0.39, 0.29) is 6.03 Å². The van der Waals surface area contributed by atoms with Crippen molar-refractivity contribution in [1.82, 2.24) is 10.3 Å². The molecule has 1 aromatic heterocycles. The van der Waals surface area contributed by atoms with Gasteiger partial charge in [-0.15, -0.1) is 0 Å². The van der Waals surface area contributed by atoms with Crippen LogP contribution in [0.25, 0.3) is 10.2 Å². The summed E-state index contributed by atoms with van der Waals surface area (Å²) in [6.07, 6.45) is 1.35. The van der Waals surface area contributed by atoms with Gasteiger partial charge >= 0.3 is 6.03 Å². The molecule has 1 aliphatic heterocycles. The van der Waals surface area contributed by atoms with Gasteiger partial charge in [-0.05, 0) is 42.7 Å². The number of rotatable bonds is 3. The van der Waals surface area contributed by atoms with Crippen LogP contribution < -0.4 is 10.6 Å². The van der Waals surface area contributed by atoms with Gasteiger partial charge in [-0.25, -0.2) is 9.78 Å². The van der Waals surface area contributed by atoms with Crippen LogP contribution >= 0.6 is 11.3 Å². The zero-order valence-electron chi connectivity index (χ0n) is 14.6. The average Bonchev–Trinajstić information content (AvgIpc) is 3.10. The monoisotopic (exact) mass is 378 g/mol. The molecule has 2 aromatic carbocycles. The summed E-state index contributed by atoms with van der Waals surface area (Å²) in [6.45, 7) is 1.14. The second-order valence-corrected chi connectivity index (χ2v) is 7.48. The van der Waals surface area contributed by atoms with Crippen LogP contribution in [0.1, 0.15) is 24.0 Å². The van der Waals surface area contributed by atoms with E-state index < -0.39 is 5.54 Å². The lowest BCUT2D eigenvalue weighted by Crippen LogP contribution is -2.50. The van der Waals surface area contributed by atoms with Crippen molar-refractivity contribution in [3.8, 4) is 6.07 Å². The predicted octanol–water partition coefficient (Wildman–Crippen LogP) is 4.00. The Kier molecular flexibility index (Phi) is 4.75. The van der Waals surface area contributed by atoms with Crippen LogP contribution in [0.4, 0.5) is 9.93 Å². The minimum absolute atomic E-state index is 0.291. The normalized spacial score (nSPS) is 15.8. The zero-order chi connectivity index (χ0) is 18.7. The van der Waals surface area contributed by atoms with Crippen molar-refractivity contribution in [3.05, 3.63) is 59.7 Å². The summed E-state index contributed by atoms with van der Waals surface area (Å²) in [4.78, 5) is 17.2. The summed E-state index contributed by atoms with van der Waals surface area (Å²) in [5, 5.41) is 15.6. The molecule has 27 heavy (non-hydrogen) atoms. The molecule has 0 atom stereocenters. The number of anilines is 1. The Morgan fingerprint density at radius 1 is 1.15 bits per heavy atom. The summed E-state index contributed by atoms with van der Waals surface area (Å²) in [5.74, 6) is 0. The van der Waals surface area contributed by atoms with E-state index in [0.29, 0.717) is 36.8 Å². The first-order valence-corrected chi connectivity index (χ1v) is 9.53. The van der Waals surface area contributed by atoms with E-state index in [1.54, 1.807) is 12.1 Å². The van der Waals surface area contributed by atoms with Gasteiger partial charge < -0.3 is 10.1 Å². The molecule has 6 nitrogen and oxygen atoms in total. The molecule has 2 heterocycles. The van der Waals surface area contributed by atoms with Gasteiger partial charge in [0.05, 0.1) is 27.4 Å². The Morgan fingerprint density at radius 3 is 2.59 bits per heavy atom. The van der Waals surface area contributed by atoms with Crippen LogP contribution in [0.2, 0.25) is 0 Å². The number of amides is 2. The molecule has 7 heteroatoms. The first-order chi connectivity index (χ1) is 13.2. The minimum Gasteiger partial charge on any atom is -0.381 e. The van der Waals surface area contributed by atoms with E-state index in [1.807, 2.05) is 36.4 Å². The molecule has 2 N–H and O–H groups in total. The van der Waals surface area contributed by atoms with Gasteiger partial charge in [0.25, 0.3) is 0 Å². The largest absolute Gasteiger partial charge is 0.381 e. The molecule has 1 saturated heterocycles. The van der Waals surface area contributed by atoms with E-state index >= 15 is 0 Å². The minimum atomic E-state index is -0.521. The van der Waals surface area contributed by atoms with Gasteiger partial charge in [-0.3, -0.25) is 5.32 Å². The van der Waals surface area contributed by atoms with Crippen LogP contribution in [0.5, 0.6) is 0 Å². The highest BCUT2D eigenvalue weighted by Crippen LogP contribution is 2.33. The molecule has 136 valence electrons. The number of para-hydroxylation sites is 1. The van der Waals surface area contributed by atoms with Gasteiger partial charge in [-0.1, -0.05) is 35.6 Å². The van der Waals surface area contributed by atoms with Gasteiger partial charge in [0.2, 0.25) is 0 Å². The fourth-order valence-electron chi connectivity index (χ4n) is 3.34. The van der Waals surface area contributed by atoms with Crippen molar-refractivity contribution in [3.63, 3.8) is 0 Å². The molecule has 0 bridgehead atoms. The molecule has 0 aliphatic carbocycles. The van der Waals surface area contributed by atoms with Gasteiger partial charge in [0, 0.05) is 13.2 Å². The van der Waals surface area contributed by atoms with Crippen LogP contribution in [-0.4, -0.2) is 24.2 Å². The van der Waals surface area contributed by atoms with Crippen molar-refractivity contribution in [1.29, 1.82) is 5.26 Å². The fourth-order valence-corrected chi connectivity index (χ4v) is 4.20. The van der Waals surface area contributed by atoms with Crippen molar-refractivity contribution < 1.29 is 9.53 Å². The average molecular weight is 378 g/mol. The lowest BCUT2D eigenvalue weighted by molar-refractivity contribution is 0.0418. The van der Waals surface area contributed by atoms with Gasteiger partial charge in [0.15, 0.2) is 5.13 Å². The third-order valence-electron chi connectivity index (χ3n) is 4.78. The van der Waals surface area contributed by atoms with E-state index in [0.717, 1.165) is 15.8 Å². The molecule has 1 aliphatic rings. The highest BCUT2D eigenvalue weighted by molar-refractivity contribution is 7.22. The molecule has 2 amide bonds. The topological polar surface area (TPSA) is 87.0 Å². The van der Waals surface area contributed by atoms with Crippen molar-refractivity contribution in [2.75, 3.05) is 18.5 Å². The number of carbonyl (C=O) groups excluding carboxylic acids is 1. The molecule has 1 fully saturated rings. The number of hydrogen-bond donors (Lipinski definition) is 2. The molecule has 0 saturated carbocycles. The van der Waals surface area contributed by atoms with Crippen LogP contribution in [-0.2, 0) is 10.3 Å². The maximum atomic E-state index is 12.7. The van der Waals surface area contributed by atoms with Crippen molar-refractivity contribution in [2.24, 2.45) is 0 Å². The highest BCUT2D eigenvalue weighted by atomic mass is 32.1. The number of nitrogens with zero attached hydrogens (tertiary/aromatic N) is 2. The predicted molar refractivity (Wildman–Crippen MR) is 105 cm³/mol. The van der Waals surface area contributed by atoms with Crippen LogP contribution in [0, 0.1) is 11.3 Å². The number of aromatic nitrogens is 1. The molecular weight excluding hydrogens is 360 g/mol. The molecule has 0 unspecified atom stereocenters. The van der Waals surface area contributed by atoms with Gasteiger partial charge in [-0.2, -0.15) is 5.26 Å². The number of thiazole rings is 1. The van der Waals surface area contributed by atoms with E-state index in [9.17, 15) is 4.79 Å². The maximum Gasteiger partial charge on any atom is 0.321 e. The number of nitriles is 1. The number of ether oxygens (including phenoxy) is 1. The number of fused-ring (bicyclic) bond motifs is 1. The van der Waals surface area contributed by atoms with Crippen molar-refractivity contribution >= 4 is 32.7 Å². The van der Waals surface area contributed by atoms with E-state index in [1.165, 1.54) is 11.3 Å². The number of urea groups is 1. The molecule has 4 rings (SSSR count). The summed E-state index contributed by atoms with van der Waals surface area (Å²) in [7, 11) is 0. The van der Waals surface area contributed by atoms with Gasteiger partial charge in [0.1, 0.15) is 0 Å².